The quantitative estimate of drug-likeness (QED) is 0.506. The first-order valence-electron chi connectivity index (χ1n) is 9.20. The van der Waals surface area contributed by atoms with E-state index < -0.39 is 6.04 Å². The highest BCUT2D eigenvalue weighted by molar-refractivity contribution is 6.42. The number of pyridine rings is 1. The third-order valence-corrected chi connectivity index (χ3v) is 5.31. The van der Waals surface area contributed by atoms with Crippen molar-refractivity contribution < 1.29 is 9.59 Å². The van der Waals surface area contributed by atoms with Gasteiger partial charge in [-0.15, -0.1) is 0 Å². The summed E-state index contributed by atoms with van der Waals surface area (Å²) < 4.78 is 0. The lowest BCUT2D eigenvalue weighted by Crippen LogP contribution is -2.27. The van der Waals surface area contributed by atoms with Gasteiger partial charge < -0.3 is 16.4 Å². The molecule has 1 atom stereocenters. The van der Waals surface area contributed by atoms with Crippen LogP contribution in [0.1, 0.15) is 33.9 Å². The molecule has 1 aromatic heterocycles. The van der Waals surface area contributed by atoms with E-state index in [1.165, 1.54) is 0 Å². The number of carbonyl (C=O) groups is 2. The summed E-state index contributed by atoms with van der Waals surface area (Å²) in [5, 5.41) is 6.44. The number of nitrogens with two attached hydrogens (primary N) is 1. The van der Waals surface area contributed by atoms with Crippen LogP contribution in [-0.2, 0) is 11.3 Å². The number of amides is 2. The highest BCUT2D eigenvalue weighted by atomic mass is 35.5. The normalized spacial score (nSPS) is 11.6. The number of hydrogen-bond donors (Lipinski definition) is 3. The van der Waals surface area contributed by atoms with E-state index in [-0.39, 0.29) is 24.8 Å². The molecular weight excluding hydrogens is 423 g/mol. The van der Waals surface area contributed by atoms with Gasteiger partial charge in [0.15, 0.2) is 0 Å². The smallest absolute Gasteiger partial charge is 0.255 e. The summed E-state index contributed by atoms with van der Waals surface area (Å²) in [6.45, 7) is 0.263. The van der Waals surface area contributed by atoms with Gasteiger partial charge in [0, 0.05) is 42.7 Å². The van der Waals surface area contributed by atoms with Gasteiger partial charge in [-0.1, -0.05) is 47.5 Å². The Labute approximate surface area is 184 Å². The second-order valence-electron chi connectivity index (χ2n) is 6.61. The fourth-order valence-electron chi connectivity index (χ4n) is 2.79. The van der Waals surface area contributed by atoms with Crippen molar-refractivity contribution >= 4 is 40.7 Å². The van der Waals surface area contributed by atoms with Crippen LogP contribution in [0.25, 0.3) is 0 Å². The zero-order valence-electron chi connectivity index (χ0n) is 15.9. The van der Waals surface area contributed by atoms with Gasteiger partial charge in [0.25, 0.3) is 5.91 Å². The van der Waals surface area contributed by atoms with Crippen LogP contribution in [0.3, 0.4) is 0 Å². The fraction of sp³-hybridized carbons (Fsp3) is 0.136. The maximum Gasteiger partial charge on any atom is 0.255 e. The monoisotopic (exact) mass is 442 g/mol. The zero-order chi connectivity index (χ0) is 21.5. The summed E-state index contributed by atoms with van der Waals surface area (Å²) in [5.74, 6) is -0.449. The molecule has 0 aliphatic heterocycles. The molecule has 0 spiro atoms. The molecule has 0 bridgehead atoms. The van der Waals surface area contributed by atoms with Gasteiger partial charge in [-0.2, -0.15) is 0 Å². The Morgan fingerprint density at radius 1 is 1.00 bits per heavy atom. The van der Waals surface area contributed by atoms with Crippen molar-refractivity contribution in [3.63, 3.8) is 0 Å². The van der Waals surface area contributed by atoms with Crippen LogP contribution >= 0.6 is 23.2 Å². The van der Waals surface area contributed by atoms with Crippen molar-refractivity contribution in [3.05, 3.63) is 93.7 Å². The third-order valence-electron chi connectivity index (χ3n) is 4.45. The van der Waals surface area contributed by atoms with Crippen LogP contribution in [0, 0.1) is 0 Å². The Kier molecular flexibility index (Phi) is 7.41. The lowest BCUT2D eigenvalue weighted by atomic mass is 10.0. The van der Waals surface area contributed by atoms with E-state index in [2.05, 4.69) is 15.6 Å². The highest BCUT2D eigenvalue weighted by Crippen LogP contribution is 2.25. The van der Waals surface area contributed by atoms with Crippen molar-refractivity contribution in [2.24, 2.45) is 5.73 Å². The lowest BCUT2D eigenvalue weighted by molar-refractivity contribution is -0.121. The number of carbonyl (C=O) groups excluding carboxylic acids is 2. The first-order chi connectivity index (χ1) is 14.4. The standard InChI is InChI=1S/C22H20Cl2N4O2/c23-18-3-1-2-16(21(18)24)13-27-20(29)12-19(25)14-4-6-15(7-5-14)22(30)28-17-8-10-26-11-9-17/h1-11,19H,12-13,25H2,(H,27,29)(H,26,28,30). The molecule has 4 N–H and O–H groups in total. The summed E-state index contributed by atoms with van der Waals surface area (Å²) in [6, 6.07) is 15.0. The molecule has 154 valence electrons. The second kappa shape index (κ2) is 10.2. The Balaban J connectivity index is 1.53. The molecule has 3 rings (SSSR count). The topological polar surface area (TPSA) is 97.1 Å². The Morgan fingerprint density at radius 2 is 1.70 bits per heavy atom. The summed E-state index contributed by atoms with van der Waals surface area (Å²) in [5.41, 5.74) is 8.79. The van der Waals surface area contributed by atoms with Crippen LogP contribution in [-0.4, -0.2) is 16.8 Å². The Morgan fingerprint density at radius 3 is 2.40 bits per heavy atom. The van der Waals surface area contributed by atoms with Crippen molar-refractivity contribution in [1.29, 1.82) is 0 Å². The molecule has 0 aliphatic rings. The van der Waals surface area contributed by atoms with Gasteiger partial charge in [0.2, 0.25) is 5.91 Å². The molecule has 30 heavy (non-hydrogen) atoms. The molecule has 0 fully saturated rings. The first kappa shape index (κ1) is 21.8. The van der Waals surface area contributed by atoms with E-state index in [9.17, 15) is 9.59 Å². The van der Waals surface area contributed by atoms with Gasteiger partial charge in [-0.25, -0.2) is 0 Å². The van der Waals surface area contributed by atoms with E-state index in [4.69, 9.17) is 28.9 Å². The Bertz CT molecular complexity index is 1030. The van der Waals surface area contributed by atoms with Gasteiger partial charge in [0.1, 0.15) is 0 Å². The molecule has 3 aromatic rings. The van der Waals surface area contributed by atoms with Crippen LogP contribution in [0.4, 0.5) is 5.69 Å². The number of nitrogens with one attached hydrogen (secondary N) is 2. The molecule has 6 nitrogen and oxygen atoms in total. The minimum absolute atomic E-state index is 0.0980. The van der Waals surface area contributed by atoms with E-state index >= 15 is 0 Å². The molecular formula is C22H20Cl2N4O2. The first-order valence-corrected chi connectivity index (χ1v) is 9.96. The van der Waals surface area contributed by atoms with Gasteiger partial charge in [-0.05, 0) is 41.5 Å². The predicted octanol–water partition coefficient (Wildman–Crippen LogP) is 4.35. The number of aromatic nitrogens is 1. The predicted molar refractivity (Wildman–Crippen MR) is 118 cm³/mol. The fourth-order valence-corrected chi connectivity index (χ4v) is 3.18. The van der Waals surface area contributed by atoms with Crippen LogP contribution in [0.5, 0.6) is 0 Å². The largest absolute Gasteiger partial charge is 0.352 e. The average molecular weight is 443 g/mol. The Hall–Kier alpha value is -2.93. The maximum atomic E-state index is 12.3. The van der Waals surface area contributed by atoms with Crippen molar-refractivity contribution in [2.75, 3.05) is 5.32 Å². The molecule has 2 aromatic carbocycles. The molecule has 0 aliphatic carbocycles. The SMILES string of the molecule is NC(CC(=O)NCc1cccc(Cl)c1Cl)c1ccc(C(=O)Nc2ccncc2)cc1. The van der Waals surface area contributed by atoms with Crippen LogP contribution in [0.15, 0.2) is 67.0 Å². The van der Waals surface area contributed by atoms with Gasteiger partial charge >= 0.3 is 0 Å². The minimum atomic E-state index is -0.503. The molecule has 1 heterocycles. The van der Waals surface area contributed by atoms with Gasteiger partial charge in [0.05, 0.1) is 10.0 Å². The average Bonchev–Trinajstić information content (AvgIpc) is 2.75. The van der Waals surface area contributed by atoms with Crippen LogP contribution in [0.2, 0.25) is 10.0 Å². The summed E-state index contributed by atoms with van der Waals surface area (Å²) >= 11 is 12.1. The number of nitrogens with zero attached hydrogens (tertiary/aromatic N) is 1. The number of anilines is 1. The molecule has 0 saturated carbocycles. The lowest BCUT2D eigenvalue weighted by Gasteiger charge is -2.13. The van der Waals surface area contributed by atoms with E-state index in [1.54, 1.807) is 67.0 Å². The minimum Gasteiger partial charge on any atom is -0.352 e. The second-order valence-corrected chi connectivity index (χ2v) is 7.40. The molecule has 2 amide bonds. The molecule has 0 saturated heterocycles. The maximum absolute atomic E-state index is 12.3. The number of rotatable bonds is 7. The number of halogens is 2. The number of benzene rings is 2. The summed E-state index contributed by atoms with van der Waals surface area (Å²) in [6.07, 6.45) is 3.30. The zero-order valence-corrected chi connectivity index (χ0v) is 17.5. The molecule has 8 heteroatoms. The van der Waals surface area contributed by atoms with Crippen molar-refractivity contribution in [2.45, 2.75) is 19.0 Å². The van der Waals surface area contributed by atoms with E-state index in [1.807, 2.05) is 0 Å². The van der Waals surface area contributed by atoms with E-state index in [0.717, 1.165) is 11.1 Å². The van der Waals surface area contributed by atoms with Crippen molar-refractivity contribution in [1.82, 2.24) is 10.3 Å². The molecule has 1 unspecified atom stereocenters. The van der Waals surface area contributed by atoms with Crippen molar-refractivity contribution in [3.8, 4) is 0 Å². The molecule has 0 radical (unpaired) electrons. The van der Waals surface area contributed by atoms with Gasteiger partial charge in [-0.3, -0.25) is 14.6 Å². The summed E-state index contributed by atoms with van der Waals surface area (Å²) in [7, 11) is 0. The summed E-state index contributed by atoms with van der Waals surface area (Å²) in [4.78, 5) is 28.4. The number of hydrogen-bond acceptors (Lipinski definition) is 4. The van der Waals surface area contributed by atoms with E-state index in [0.29, 0.717) is 21.3 Å². The third kappa shape index (κ3) is 5.79. The highest BCUT2D eigenvalue weighted by Gasteiger charge is 2.14. The van der Waals surface area contributed by atoms with Crippen LogP contribution < -0.4 is 16.4 Å².